The molecule has 0 spiro atoms. The van der Waals surface area contributed by atoms with E-state index in [2.05, 4.69) is 15.5 Å². The molecule has 0 saturated heterocycles. The van der Waals surface area contributed by atoms with Crippen LogP contribution in [0.5, 0.6) is 11.5 Å². The van der Waals surface area contributed by atoms with Crippen molar-refractivity contribution in [1.29, 1.82) is 0 Å². The number of ether oxygens (including phenoxy) is 2. The predicted molar refractivity (Wildman–Crippen MR) is 126 cm³/mol. The first-order valence-electron chi connectivity index (χ1n) is 11.4. The molecule has 2 amide bonds. The number of nitrogens with zero attached hydrogens (tertiary/aromatic N) is 3. The number of anilines is 1. The van der Waals surface area contributed by atoms with Crippen molar-refractivity contribution in [1.82, 2.24) is 15.5 Å². The molecular formula is C25H28N4O5. The number of carbonyl (C=O) groups excluding carboxylic acids is 2. The maximum atomic E-state index is 12.5. The fraction of sp³-hybridized carbons (Fsp3) is 0.360. The molecule has 0 aliphatic carbocycles. The van der Waals surface area contributed by atoms with Gasteiger partial charge < -0.3 is 19.3 Å². The molecule has 0 fully saturated rings. The summed E-state index contributed by atoms with van der Waals surface area (Å²) in [7, 11) is 1.62. The molecule has 1 aliphatic heterocycles. The standard InChI is InChI=1S/C25H28N4O5/c1-17-25(31)29(20-8-5-6-9-21(20)33-17)16-22(30)26-15-7-3-4-10-23-27-24(28-34-23)18-11-13-19(32-2)14-12-18/h5-6,8-9,11-14,17H,3-4,7,10,15-16H2,1-2H3,(H,26,30)/t17-/m0/s1. The summed E-state index contributed by atoms with van der Waals surface area (Å²) in [6.07, 6.45) is 2.64. The highest BCUT2D eigenvalue weighted by Gasteiger charge is 2.32. The van der Waals surface area contributed by atoms with Crippen LogP contribution in [0.2, 0.25) is 0 Å². The van der Waals surface area contributed by atoms with Gasteiger partial charge in [0.15, 0.2) is 6.10 Å². The number of unbranched alkanes of at least 4 members (excludes halogenated alkanes) is 2. The van der Waals surface area contributed by atoms with Gasteiger partial charge in [0, 0.05) is 18.5 Å². The van der Waals surface area contributed by atoms with Crippen LogP contribution in [0.3, 0.4) is 0 Å². The predicted octanol–water partition coefficient (Wildman–Crippen LogP) is 3.39. The Morgan fingerprint density at radius 3 is 2.71 bits per heavy atom. The van der Waals surface area contributed by atoms with Gasteiger partial charge in [-0.25, -0.2) is 0 Å². The molecule has 1 atom stereocenters. The summed E-state index contributed by atoms with van der Waals surface area (Å²) >= 11 is 0. The number of carbonyl (C=O) groups is 2. The Hall–Kier alpha value is -3.88. The second-order valence-corrected chi connectivity index (χ2v) is 8.05. The Balaban J connectivity index is 1.17. The fourth-order valence-corrected chi connectivity index (χ4v) is 3.74. The third kappa shape index (κ3) is 5.54. The van der Waals surface area contributed by atoms with Gasteiger partial charge in [-0.15, -0.1) is 0 Å². The molecule has 9 nitrogen and oxygen atoms in total. The summed E-state index contributed by atoms with van der Waals surface area (Å²) in [5, 5.41) is 6.93. The van der Waals surface area contributed by atoms with Crippen molar-refractivity contribution in [3.05, 3.63) is 54.4 Å². The molecule has 9 heteroatoms. The molecule has 2 aromatic carbocycles. The van der Waals surface area contributed by atoms with E-state index in [4.69, 9.17) is 14.0 Å². The summed E-state index contributed by atoms with van der Waals surface area (Å²) in [6.45, 7) is 2.20. The van der Waals surface area contributed by atoms with Gasteiger partial charge in [0.1, 0.15) is 18.0 Å². The van der Waals surface area contributed by atoms with Crippen LogP contribution < -0.4 is 19.7 Å². The lowest BCUT2D eigenvalue weighted by molar-refractivity contribution is -0.128. The van der Waals surface area contributed by atoms with Gasteiger partial charge >= 0.3 is 0 Å². The number of para-hydroxylation sites is 2. The second kappa shape index (κ2) is 10.8. The third-order valence-electron chi connectivity index (χ3n) is 5.58. The van der Waals surface area contributed by atoms with E-state index in [1.165, 1.54) is 4.90 Å². The fourth-order valence-electron chi connectivity index (χ4n) is 3.74. The first-order chi connectivity index (χ1) is 16.5. The average Bonchev–Trinajstić information content (AvgIpc) is 3.33. The molecule has 1 aromatic heterocycles. The summed E-state index contributed by atoms with van der Waals surface area (Å²) in [6, 6.07) is 14.7. The number of aromatic nitrogens is 2. The van der Waals surface area contributed by atoms with Gasteiger partial charge in [0.05, 0.1) is 12.8 Å². The van der Waals surface area contributed by atoms with Crippen molar-refractivity contribution in [3.63, 3.8) is 0 Å². The highest BCUT2D eigenvalue weighted by molar-refractivity contribution is 6.03. The van der Waals surface area contributed by atoms with Crippen molar-refractivity contribution in [2.75, 3.05) is 25.1 Å². The summed E-state index contributed by atoms with van der Waals surface area (Å²) < 4.78 is 16.1. The Morgan fingerprint density at radius 2 is 1.91 bits per heavy atom. The van der Waals surface area contributed by atoms with E-state index in [0.29, 0.717) is 36.1 Å². The molecule has 4 rings (SSSR count). The minimum absolute atomic E-state index is 0.0281. The minimum Gasteiger partial charge on any atom is -0.497 e. The molecule has 1 aliphatic rings. The summed E-state index contributed by atoms with van der Waals surface area (Å²) in [5.41, 5.74) is 1.49. The van der Waals surface area contributed by atoms with Gasteiger partial charge in [-0.2, -0.15) is 4.98 Å². The zero-order valence-electron chi connectivity index (χ0n) is 19.3. The topological polar surface area (TPSA) is 107 Å². The SMILES string of the molecule is COc1ccc(-c2noc(CCCCCNC(=O)CN3C(=O)[C@H](C)Oc4ccccc43)n2)cc1. The van der Waals surface area contributed by atoms with Crippen LogP contribution in [0.4, 0.5) is 5.69 Å². The van der Waals surface area contributed by atoms with Crippen LogP contribution in [0, 0.1) is 0 Å². The van der Waals surface area contributed by atoms with E-state index in [1.807, 2.05) is 36.4 Å². The zero-order valence-corrected chi connectivity index (χ0v) is 19.3. The highest BCUT2D eigenvalue weighted by atomic mass is 16.5. The van der Waals surface area contributed by atoms with Gasteiger partial charge in [-0.05, 0) is 56.2 Å². The maximum absolute atomic E-state index is 12.5. The van der Waals surface area contributed by atoms with E-state index in [0.717, 1.165) is 30.6 Å². The number of amides is 2. The number of hydrogen-bond donors (Lipinski definition) is 1. The normalized spacial score (nSPS) is 14.9. The van der Waals surface area contributed by atoms with E-state index in [1.54, 1.807) is 26.2 Å². The van der Waals surface area contributed by atoms with Crippen molar-refractivity contribution >= 4 is 17.5 Å². The molecule has 0 unspecified atom stereocenters. The molecular weight excluding hydrogens is 436 g/mol. The van der Waals surface area contributed by atoms with E-state index in [-0.39, 0.29) is 18.4 Å². The minimum atomic E-state index is -0.613. The van der Waals surface area contributed by atoms with E-state index < -0.39 is 6.10 Å². The van der Waals surface area contributed by atoms with Gasteiger partial charge in [-0.3, -0.25) is 14.5 Å². The Bertz CT molecular complexity index is 1130. The van der Waals surface area contributed by atoms with Crippen molar-refractivity contribution in [2.24, 2.45) is 0 Å². The number of fused-ring (bicyclic) bond motifs is 1. The number of nitrogens with one attached hydrogen (secondary N) is 1. The largest absolute Gasteiger partial charge is 0.497 e. The lowest BCUT2D eigenvalue weighted by Gasteiger charge is -2.32. The van der Waals surface area contributed by atoms with Crippen molar-refractivity contribution in [3.8, 4) is 22.9 Å². The lowest BCUT2D eigenvalue weighted by atomic mass is 10.2. The Morgan fingerprint density at radius 1 is 1.12 bits per heavy atom. The number of hydrogen-bond acceptors (Lipinski definition) is 7. The third-order valence-corrected chi connectivity index (χ3v) is 5.58. The summed E-state index contributed by atoms with van der Waals surface area (Å²) in [5.74, 6) is 2.11. The molecule has 0 saturated carbocycles. The Labute approximate surface area is 198 Å². The maximum Gasteiger partial charge on any atom is 0.268 e. The first-order valence-corrected chi connectivity index (χ1v) is 11.4. The van der Waals surface area contributed by atoms with Crippen LogP contribution in [0.15, 0.2) is 53.1 Å². The average molecular weight is 465 g/mol. The van der Waals surface area contributed by atoms with Gasteiger partial charge in [0.25, 0.3) is 5.91 Å². The highest BCUT2D eigenvalue weighted by Crippen LogP contribution is 2.33. The van der Waals surface area contributed by atoms with Crippen LogP contribution in [-0.2, 0) is 16.0 Å². The van der Waals surface area contributed by atoms with Crippen molar-refractivity contribution in [2.45, 2.75) is 38.7 Å². The van der Waals surface area contributed by atoms with Crippen molar-refractivity contribution < 1.29 is 23.6 Å². The lowest BCUT2D eigenvalue weighted by Crippen LogP contribution is -2.48. The van der Waals surface area contributed by atoms with Gasteiger partial charge in [0.2, 0.25) is 17.6 Å². The van der Waals surface area contributed by atoms with E-state index in [9.17, 15) is 9.59 Å². The molecule has 34 heavy (non-hydrogen) atoms. The monoisotopic (exact) mass is 464 g/mol. The summed E-state index contributed by atoms with van der Waals surface area (Å²) in [4.78, 5) is 30.8. The molecule has 2 heterocycles. The van der Waals surface area contributed by atoms with Crippen LogP contribution in [-0.4, -0.2) is 48.3 Å². The quantitative estimate of drug-likeness (QED) is 0.458. The first kappa shape index (κ1) is 23.3. The number of rotatable bonds is 10. The van der Waals surface area contributed by atoms with Crippen LogP contribution in [0.25, 0.3) is 11.4 Å². The van der Waals surface area contributed by atoms with Crippen LogP contribution in [0.1, 0.15) is 32.1 Å². The zero-order chi connectivity index (χ0) is 23.9. The smallest absolute Gasteiger partial charge is 0.268 e. The Kier molecular flexibility index (Phi) is 7.41. The van der Waals surface area contributed by atoms with E-state index >= 15 is 0 Å². The van der Waals surface area contributed by atoms with Crippen LogP contribution >= 0.6 is 0 Å². The second-order valence-electron chi connectivity index (χ2n) is 8.05. The number of methoxy groups -OCH3 is 1. The molecule has 0 bridgehead atoms. The number of aryl methyl sites for hydroxylation is 1. The number of benzene rings is 2. The molecule has 1 N–H and O–H groups in total. The molecule has 178 valence electrons. The van der Waals surface area contributed by atoms with Gasteiger partial charge in [-0.1, -0.05) is 23.7 Å². The molecule has 0 radical (unpaired) electrons. The molecule has 3 aromatic rings.